The molecule has 1 atom stereocenters. The monoisotopic (exact) mass is 379 g/mol. The first-order chi connectivity index (χ1) is 11.8. The van der Waals surface area contributed by atoms with Crippen LogP contribution in [0.2, 0.25) is 5.02 Å². The highest BCUT2D eigenvalue weighted by atomic mass is 35.5. The normalized spacial score (nSPS) is 20.2. The Bertz CT molecular complexity index is 834. The molecule has 0 spiro atoms. The molecule has 3 rings (SSSR count). The molecular formula is C16H16ClN4O3S+. The van der Waals surface area contributed by atoms with Crippen molar-refractivity contribution in [1.29, 1.82) is 0 Å². The third kappa shape index (κ3) is 3.07. The number of rotatable bonds is 3. The van der Waals surface area contributed by atoms with Gasteiger partial charge in [0, 0.05) is 17.6 Å². The lowest BCUT2D eigenvalue weighted by Crippen LogP contribution is -2.59. The molecule has 25 heavy (non-hydrogen) atoms. The summed E-state index contributed by atoms with van der Waals surface area (Å²) in [7, 11) is 4.77. The van der Waals surface area contributed by atoms with Crippen LogP contribution in [0.3, 0.4) is 0 Å². The van der Waals surface area contributed by atoms with Gasteiger partial charge in [-0.1, -0.05) is 11.6 Å². The lowest BCUT2D eigenvalue weighted by Gasteiger charge is -2.27. The number of hydrogen-bond donors (Lipinski definition) is 0. The number of carbonyl (C=O) groups is 3. The number of amidine groups is 2. The Balaban J connectivity index is 1.77. The predicted octanol–water partition coefficient (Wildman–Crippen LogP) is 1.56. The Hall–Kier alpha value is -2.19. The maximum Gasteiger partial charge on any atom is 0.388 e. The first-order valence-electron chi connectivity index (χ1n) is 7.46. The zero-order chi connectivity index (χ0) is 18.3. The van der Waals surface area contributed by atoms with E-state index < -0.39 is 12.1 Å². The minimum atomic E-state index is -0.745. The largest absolute Gasteiger partial charge is 0.388 e. The third-order valence-electron chi connectivity index (χ3n) is 4.10. The molecule has 1 unspecified atom stereocenters. The molecule has 1 saturated heterocycles. The highest BCUT2D eigenvalue weighted by Crippen LogP contribution is 2.22. The number of aliphatic imine (C=N–C) groups is 1. The molecule has 3 amide bonds. The number of urea groups is 1. The van der Waals surface area contributed by atoms with Gasteiger partial charge >= 0.3 is 6.03 Å². The number of imide groups is 1. The summed E-state index contributed by atoms with van der Waals surface area (Å²) in [6.07, 6.45) is 0. The zero-order valence-corrected chi connectivity index (χ0v) is 15.5. The van der Waals surface area contributed by atoms with Gasteiger partial charge in [0.25, 0.3) is 23.0 Å². The van der Waals surface area contributed by atoms with E-state index in [1.807, 2.05) is 0 Å². The number of nitrogens with zero attached hydrogens (tertiary/aromatic N) is 4. The molecule has 130 valence electrons. The van der Waals surface area contributed by atoms with Crippen molar-refractivity contribution >= 4 is 52.1 Å². The third-order valence-corrected chi connectivity index (χ3v) is 5.39. The number of halogens is 1. The second kappa shape index (κ2) is 6.61. The summed E-state index contributed by atoms with van der Waals surface area (Å²) >= 11 is 7.06. The van der Waals surface area contributed by atoms with Crippen LogP contribution in [0.5, 0.6) is 0 Å². The summed E-state index contributed by atoms with van der Waals surface area (Å²) in [6, 6.07) is 5.53. The summed E-state index contributed by atoms with van der Waals surface area (Å²) in [5, 5.41) is 1.10. The number of likely N-dealkylation sites (N-methyl/N-ethyl adjacent to an activating group) is 2. The average Bonchev–Trinajstić information content (AvgIpc) is 2.93. The topological polar surface area (TPSA) is 73.1 Å². The first kappa shape index (κ1) is 17.6. The number of hydrogen-bond acceptors (Lipinski definition) is 5. The Morgan fingerprint density at radius 1 is 1.24 bits per heavy atom. The van der Waals surface area contributed by atoms with Crippen molar-refractivity contribution in [3.63, 3.8) is 0 Å². The highest BCUT2D eigenvalue weighted by Gasteiger charge is 2.51. The maximum absolute atomic E-state index is 12.3. The quantitative estimate of drug-likeness (QED) is 0.590. The van der Waals surface area contributed by atoms with Crippen LogP contribution < -0.4 is 0 Å². The molecule has 0 bridgehead atoms. The Labute approximate surface area is 154 Å². The summed E-state index contributed by atoms with van der Waals surface area (Å²) in [4.78, 5) is 43.5. The molecule has 0 aliphatic carbocycles. The van der Waals surface area contributed by atoms with E-state index in [0.717, 1.165) is 4.90 Å². The van der Waals surface area contributed by atoms with Gasteiger partial charge < -0.3 is 0 Å². The Morgan fingerprint density at radius 3 is 2.52 bits per heavy atom. The van der Waals surface area contributed by atoms with Crippen LogP contribution in [0.15, 0.2) is 29.3 Å². The van der Waals surface area contributed by atoms with Gasteiger partial charge in [-0.15, -0.1) is 4.99 Å². The fraction of sp³-hybridized carbons (Fsp3) is 0.312. The molecule has 1 aromatic carbocycles. The molecule has 7 nitrogen and oxygen atoms in total. The van der Waals surface area contributed by atoms with Crippen molar-refractivity contribution < 1.29 is 19.0 Å². The van der Waals surface area contributed by atoms with Gasteiger partial charge in [0.05, 0.1) is 19.8 Å². The molecule has 1 aromatic rings. The van der Waals surface area contributed by atoms with Crippen LogP contribution in [-0.4, -0.2) is 76.0 Å². The summed E-state index contributed by atoms with van der Waals surface area (Å²) in [6.45, 7) is 0. The molecule has 0 radical (unpaired) electrons. The molecule has 1 fully saturated rings. The molecule has 2 aliphatic rings. The van der Waals surface area contributed by atoms with Crippen molar-refractivity contribution in [2.45, 2.75) is 6.04 Å². The smallest absolute Gasteiger partial charge is 0.293 e. The predicted molar refractivity (Wildman–Crippen MR) is 96.6 cm³/mol. The summed E-state index contributed by atoms with van der Waals surface area (Å²) in [5.41, 5.74) is 0.561. The van der Waals surface area contributed by atoms with Gasteiger partial charge in [-0.25, -0.2) is 14.3 Å². The fourth-order valence-electron chi connectivity index (χ4n) is 2.69. The van der Waals surface area contributed by atoms with E-state index in [9.17, 15) is 14.4 Å². The standard InChI is InChI=1S/C16H16ClN4O3S/c1-19-13-12(14(23)21(3)16(24)20(13)2)18-15(19)25-8-11(22)9-4-6-10(17)7-5-9/h4-7,12H,8H2,1-3H3/q+1. The summed E-state index contributed by atoms with van der Waals surface area (Å²) in [5.74, 6) is 0.247. The van der Waals surface area contributed by atoms with E-state index in [1.165, 1.54) is 23.7 Å². The zero-order valence-electron chi connectivity index (χ0n) is 13.9. The number of amides is 3. The fourth-order valence-corrected chi connectivity index (χ4v) is 3.71. The van der Waals surface area contributed by atoms with E-state index in [2.05, 4.69) is 4.99 Å². The maximum atomic E-state index is 12.3. The number of fused-ring (bicyclic) bond motifs is 1. The van der Waals surface area contributed by atoms with Crippen molar-refractivity contribution in [3.8, 4) is 0 Å². The van der Waals surface area contributed by atoms with Crippen LogP contribution in [0.1, 0.15) is 10.4 Å². The lowest BCUT2D eigenvalue weighted by molar-refractivity contribution is -0.367. The van der Waals surface area contributed by atoms with Crippen molar-refractivity contribution in [3.05, 3.63) is 34.9 Å². The van der Waals surface area contributed by atoms with Gasteiger partial charge in [0.15, 0.2) is 5.78 Å². The van der Waals surface area contributed by atoms with E-state index in [1.54, 1.807) is 42.9 Å². The number of carbonyl (C=O) groups excluding carboxylic acids is 3. The van der Waals surface area contributed by atoms with Gasteiger partial charge in [0.2, 0.25) is 0 Å². The van der Waals surface area contributed by atoms with E-state index in [4.69, 9.17) is 11.6 Å². The van der Waals surface area contributed by atoms with Crippen molar-refractivity contribution in [1.82, 2.24) is 9.80 Å². The second-order valence-electron chi connectivity index (χ2n) is 5.69. The number of thioether (sulfide) groups is 1. The Morgan fingerprint density at radius 2 is 1.88 bits per heavy atom. The van der Waals surface area contributed by atoms with Crippen LogP contribution in [0.25, 0.3) is 0 Å². The molecule has 2 heterocycles. The molecule has 0 saturated carbocycles. The van der Waals surface area contributed by atoms with Crippen molar-refractivity contribution in [2.24, 2.45) is 4.99 Å². The first-order valence-corrected chi connectivity index (χ1v) is 8.83. The van der Waals surface area contributed by atoms with Crippen LogP contribution in [0, 0.1) is 0 Å². The molecule has 2 aliphatic heterocycles. The molecular weight excluding hydrogens is 364 g/mol. The van der Waals surface area contributed by atoms with Gasteiger partial charge in [-0.2, -0.15) is 0 Å². The Kier molecular flexibility index (Phi) is 4.66. The van der Waals surface area contributed by atoms with Gasteiger partial charge in [-0.3, -0.25) is 14.5 Å². The summed E-state index contributed by atoms with van der Waals surface area (Å²) < 4.78 is 1.69. The van der Waals surface area contributed by atoms with Crippen molar-refractivity contribution in [2.75, 3.05) is 26.9 Å². The number of benzene rings is 1. The number of ketones is 1. The second-order valence-corrected chi connectivity index (χ2v) is 7.07. The van der Waals surface area contributed by atoms with E-state index in [0.29, 0.717) is 21.6 Å². The molecule has 9 heteroatoms. The lowest BCUT2D eigenvalue weighted by atomic mass is 10.1. The minimum absolute atomic E-state index is 0.0643. The van der Waals surface area contributed by atoms with E-state index in [-0.39, 0.29) is 17.4 Å². The minimum Gasteiger partial charge on any atom is -0.293 e. The average molecular weight is 380 g/mol. The van der Waals surface area contributed by atoms with Crippen LogP contribution >= 0.6 is 23.4 Å². The van der Waals surface area contributed by atoms with Crippen LogP contribution in [-0.2, 0) is 4.79 Å². The van der Waals surface area contributed by atoms with Gasteiger partial charge in [-0.05, 0) is 36.0 Å². The number of Topliss-reactive ketones (excluding diaryl/α,β-unsaturated/α-hetero) is 1. The SMILES string of the molecule is CN1C(=O)C2N=C(SCC(=O)c3ccc(Cl)cc3)[N+](C)=C2N(C)C1=O. The molecule has 0 aromatic heterocycles. The van der Waals surface area contributed by atoms with Crippen LogP contribution in [0.4, 0.5) is 4.79 Å². The van der Waals surface area contributed by atoms with Gasteiger partial charge in [0.1, 0.15) is 0 Å². The highest BCUT2D eigenvalue weighted by molar-refractivity contribution is 8.14. The molecule has 0 N–H and O–H groups in total. The van der Waals surface area contributed by atoms with E-state index >= 15 is 0 Å².